The predicted octanol–water partition coefficient (Wildman–Crippen LogP) is 7.13. The number of carbonyl (C=O) groups is 1. The summed E-state index contributed by atoms with van der Waals surface area (Å²) in [5, 5.41) is 6.47. The van der Waals surface area contributed by atoms with Gasteiger partial charge in [0.15, 0.2) is 0 Å². The van der Waals surface area contributed by atoms with Crippen LogP contribution < -0.4 is 4.74 Å². The van der Waals surface area contributed by atoms with Crippen molar-refractivity contribution < 1.29 is 9.53 Å². The van der Waals surface area contributed by atoms with Gasteiger partial charge in [0.25, 0.3) is 0 Å². The van der Waals surface area contributed by atoms with Gasteiger partial charge in [-0.2, -0.15) is 11.3 Å². The summed E-state index contributed by atoms with van der Waals surface area (Å²) < 4.78 is 6.10. The lowest BCUT2D eigenvalue weighted by Gasteiger charge is -2.19. The summed E-state index contributed by atoms with van der Waals surface area (Å²) in [6, 6.07) is 20.1. The van der Waals surface area contributed by atoms with Gasteiger partial charge in [0, 0.05) is 22.5 Å². The van der Waals surface area contributed by atoms with Crippen LogP contribution in [0.15, 0.2) is 76.8 Å². The first-order valence-electron chi connectivity index (χ1n) is 11.3. The van der Waals surface area contributed by atoms with Crippen LogP contribution in [0, 0.1) is 11.8 Å². The molecule has 0 spiro atoms. The van der Waals surface area contributed by atoms with Crippen molar-refractivity contribution in [2.24, 2.45) is 0 Å². The van der Waals surface area contributed by atoms with Crippen LogP contribution in [-0.4, -0.2) is 24.3 Å². The highest BCUT2D eigenvalue weighted by Crippen LogP contribution is 2.28. The van der Waals surface area contributed by atoms with E-state index in [1.54, 1.807) is 28.7 Å². The first-order valence-corrected chi connectivity index (χ1v) is 13.1. The first-order chi connectivity index (χ1) is 16.7. The van der Waals surface area contributed by atoms with Gasteiger partial charge in [-0.15, -0.1) is 11.3 Å². The summed E-state index contributed by atoms with van der Waals surface area (Å²) in [4.78, 5) is 14.5. The Hall–Kier alpha value is -3.17. The topological polar surface area (TPSA) is 29.5 Å². The predicted molar refractivity (Wildman–Crippen MR) is 143 cm³/mol. The molecule has 0 N–H and O–H groups in total. The quantitative estimate of drug-likeness (QED) is 0.177. The number of hydrogen-bond donors (Lipinski definition) is 0. The zero-order chi connectivity index (χ0) is 23.6. The SMILES string of the molecule is CCCN(CC#Cc1cccc(C=O)c1)Cc1cccc(OCc2cc(-c3ccsc3)cs2)c1. The largest absolute Gasteiger partial charge is 0.488 e. The minimum absolute atomic E-state index is 0.572. The van der Waals surface area contributed by atoms with Crippen molar-refractivity contribution in [3.8, 4) is 28.7 Å². The van der Waals surface area contributed by atoms with Crippen LogP contribution in [0.1, 0.15) is 39.7 Å². The Balaban J connectivity index is 1.35. The van der Waals surface area contributed by atoms with Gasteiger partial charge in [0.1, 0.15) is 18.6 Å². The average molecular weight is 486 g/mol. The van der Waals surface area contributed by atoms with Crippen LogP contribution in [-0.2, 0) is 13.2 Å². The zero-order valence-corrected chi connectivity index (χ0v) is 20.8. The molecule has 4 rings (SSSR count). The van der Waals surface area contributed by atoms with Gasteiger partial charge < -0.3 is 4.74 Å². The maximum atomic E-state index is 11.0. The summed E-state index contributed by atoms with van der Waals surface area (Å²) in [6.45, 7) is 5.20. The summed E-state index contributed by atoms with van der Waals surface area (Å²) in [6.07, 6.45) is 1.91. The number of nitrogens with zero attached hydrogens (tertiary/aromatic N) is 1. The molecule has 0 aliphatic heterocycles. The highest BCUT2D eigenvalue weighted by Gasteiger charge is 2.07. The van der Waals surface area contributed by atoms with Gasteiger partial charge in [-0.1, -0.05) is 43.0 Å². The molecule has 0 aliphatic carbocycles. The number of hydrogen-bond acceptors (Lipinski definition) is 5. The van der Waals surface area contributed by atoms with Crippen LogP contribution in [0.3, 0.4) is 0 Å². The van der Waals surface area contributed by atoms with Crippen molar-refractivity contribution >= 4 is 29.0 Å². The molecule has 5 heteroatoms. The van der Waals surface area contributed by atoms with Crippen molar-refractivity contribution in [1.82, 2.24) is 4.90 Å². The summed E-state index contributed by atoms with van der Waals surface area (Å²) in [5.41, 5.74) is 5.25. The molecule has 0 amide bonds. The molecule has 34 heavy (non-hydrogen) atoms. The molecule has 0 saturated carbocycles. The van der Waals surface area contributed by atoms with E-state index in [9.17, 15) is 4.79 Å². The maximum absolute atomic E-state index is 11.0. The van der Waals surface area contributed by atoms with E-state index >= 15 is 0 Å². The highest BCUT2D eigenvalue weighted by molar-refractivity contribution is 7.10. The molecule has 0 fully saturated rings. The van der Waals surface area contributed by atoms with Crippen molar-refractivity contribution in [1.29, 1.82) is 0 Å². The third-order valence-corrected chi connectivity index (χ3v) is 6.89. The molecule has 172 valence electrons. The van der Waals surface area contributed by atoms with Crippen LogP contribution in [0.5, 0.6) is 5.75 Å². The third kappa shape index (κ3) is 6.91. The normalized spacial score (nSPS) is 10.6. The smallest absolute Gasteiger partial charge is 0.150 e. The Morgan fingerprint density at radius 3 is 2.76 bits per heavy atom. The Bertz CT molecular complexity index is 1260. The lowest BCUT2D eigenvalue weighted by atomic mass is 10.1. The lowest BCUT2D eigenvalue weighted by molar-refractivity contribution is 0.112. The van der Waals surface area contributed by atoms with E-state index in [0.29, 0.717) is 18.7 Å². The summed E-state index contributed by atoms with van der Waals surface area (Å²) in [5.74, 6) is 7.33. The molecule has 0 aliphatic rings. The van der Waals surface area contributed by atoms with Gasteiger partial charge in [0.2, 0.25) is 0 Å². The van der Waals surface area contributed by atoms with E-state index in [-0.39, 0.29) is 0 Å². The molecular formula is C29H27NO2S2. The molecule has 0 atom stereocenters. The molecule has 3 nitrogen and oxygen atoms in total. The van der Waals surface area contributed by atoms with Crippen LogP contribution in [0.2, 0.25) is 0 Å². The maximum Gasteiger partial charge on any atom is 0.150 e. The van der Waals surface area contributed by atoms with E-state index in [0.717, 1.165) is 37.1 Å². The van der Waals surface area contributed by atoms with Gasteiger partial charge in [0.05, 0.1) is 6.54 Å². The molecule has 2 heterocycles. The standard InChI is InChI=1S/C29H27NO2S2/c1-2-12-30(13-5-9-23-6-3-8-25(15-23)19-31)18-24-7-4-10-28(16-24)32-20-29-17-27(22-34-29)26-11-14-33-21-26/h3-4,6-8,10-11,14-17,19,21-22H,2,12-13,18,20H2,1H3. The molecule has 2 aromatic carbocycles. The number of thiophene rings is 2. The fraction of sp³-hybridized carbons (Fsp3) is 0.207. The van der Waals surface area contributed by atoms with E-state index < -0.39 is 0 Å². The fourth-order valence-electron chi connectivity index (χ4n) is 3.66. The Kier molecular flexibility index (Phi) is 8.70. The lowest BCUT2D eigenvalue weighted by Crippen LogP contribution is -2.24. The first kappa shape index (κ1) is 24.0. The van der Waals surface area contributed by atoms with E-state index in [1.807, 2.05) is 24.3 Å². The number of aldehydes is 1. The number of ether oxygens (including phenoxy) is 1. The zero-order valence-electron chi connectivity index (χ0n) is 19.2. The number of benzene rings is 2. The van der Waals surface area contributed by atoms with Gasteiger partial charge in [-0.05, 0) is 82.2 Å². The van der Waals surface area contributed by atoms with Gasteiger partial charge >= 0.3 is 0 Å². The Morgan fingerprint density at radius 1 is 1.03 bits per heavy atom. The molecule has 0 saturated heterocycles. The second-order valence-corrected chi connectivity index (χ2v) is 9.78. The average Bonchev–Trinajstić information content (AvgIpc) is 3.56. The van der Waals surface area contributed by atoms with Gasteiger partial charge in [-0.3, -0.25) is 9.69 Å². The molecule has 0 unspecified atom stereocenters. The monoisotopic (exact) mass is 485 g/mol. The van der Waals surface area contributed by atoms with Crippen molar-refractivity contribution in [3.63, 3.8) is 0 Å². The Morgan fingerprint density at radius 2 is 1.94 bits per heavy atom. The summed E-state index contributed by atoms with van der Waals surface area (Å²) in [7, 11) is 0. The molecule has 0 radical (unpaired) electrons. The second-order valence-electron chi connectivity index (χ2n) is 8.01. The minimum atomic E-state index is 0.572. The Labute approximate surface area is 209 Å². The van der Waals surface area contributed by atoms with Crippen molar-refractivity contribution in [2.45, 2.75) is 26.5 Å². The number of carbonyl (C=O) groups excluding carboxylic acids is 1. The second kappa shape index (κ2) is 12.3. The highest BCUT2D eigenvalue weighted by atomic mass is 32.1. The van der Waals surface area contributed by atoms with Crippen molar-refractivity contribution in [2.75, 3.05) is 13.1 Å². The fourth-order valence-corrected chi connectivity index (χ4v) is 5.13. The minimum Gasteiger partial charge on any atom is -0.488 e. The van der Waals surface area contributed by atoms with Crippen LogP contribution in [0.4, 0.5) is 0 Å². The van der Waals surface area contributed by atoms with Crippen LogP contribution in [0.25, 0.3) is 11.1 Å². The van der Waals surface area contributed by atoms with Gasteiger partial charge in [-0.25, -0.2) is 0 Å². The summed E-state index contributed by atoms with van der Waals surface area (Å²) >= 11 is 3.45. The molecule has 4 aromatic rings. The van der Waals surface area contributed by atoms with Crippen molar-refractivity contribution in [3.05, 3.63) is 98.4 Å². The molecular weight excluding hydrogens is 458 g/mol. The van der Waals surface area contributed by atoms with E-state index in [1.165, 1.54) is 21.6 Å². The van der Waals surface area contributed by atoms with E-state index in [2.05, 4.69) is 70.1 Å². The van der Waals surface area contributed by atoms with E-state index in [4.69, 9.17) is 4.74 Å². The molecule has 2 aromatic heterocycles. The van der Waals surface area contributed by atoms with Crippen LogP contribution >= 0.6 is 22.7 Å². The third-order valence-electron chi connectivity index (χ3n) is 5.29. The molecule has 0 bridgehead atoms. The number of rotatable bonds is 10.